The molecule has 0 radical (unpaired) electrons. The molecule has 2 heterocycles. The van der Waals surface area contributed by atoms with Gasteiger partial charge in [-0.1, -0.05) is 35.0 Å². The molecule has 0 aliphatic carbocycles. The van der Waals surface area contributed by atoms with Crippen molar-refractivity contribution in [1.29, 1.82) is 0 Å². The van der Waals surface area contributed by atoms with Crippen LogP contribution in [0.3, 0.4) is 0 Å². The van der Waals surface area contributed by atoms with Gasteiger partial charge in [0.15, 0.2) is 13.9 Å². The second-order valence-corrected chi connectivity index (χ2v) is 15.2. The molecular weight excluding hydrogens is 544 g/mol. The van der Waals surface area contributed by atoms with E-state index in [0.29, 0.717) is 12.1 Å². The molecule has 1 fully saturated rings. The lowest BCUT2D eigenvalue weighted by molar-refractivity contribution is -0.146. The highest BCUT2D eigenvalue weighted by atomic mass is 79.9. The Balaban J connectivity index is 1.74. The van der Waals surface area contributed by atoms with Crippen molar-refractivity contribution in [3.63, 3.8) is 0 Å². The normalized spacial score (nSPS) is 26.4. The van der Waals surface area contributed by atoms with Gasteiger partial charge in [-0.25, -0.2) is 0 Å². The molecule has 5 atom stereocenters. The van der Waals surface area contributed by atoms with Crippen molar-refractivity contribution in [2.45, 2.75) is 63.3 Å². The molecule has 2 aromatic rings. The zero-order valence-electron chi connectivity index (χ0n) is 20.9. The van der Waals surface area contributed by atoms with Crippen molar-refractivity contribution in [2.24, 2.45) is 5.92 Å². The van der Waals surface area contributed by atoms with Crippen molar-refractivity contribution >= 4 is 47.4 Å². The maximum Gasteiger partial charge on any atom is 0.264 e. The number of carbonyl (C=O) groups is 2. The fourth-order valence-corrected chi connectivity index (χ4v) is 8.74. The highest BCUT2D eigenvalue weighted by molar-refractivity contribution is 9.10. The van der Waals surface area contributed by atoms with Crippen LogP contribution < -0.4 is 10.2 Å². The van der Waals surface area contributed by atoms with Gasteiger partial charge in [0.05, 0.1) is 18.3 Å². The van der Waals surface area contributed by atoms with E-state index in [1.165, 1.54) is 6.92 Å². The van der Waals surface area contributed by atoms with Crippen molar-refractivity contribution in [3.05, 3.63) is 58.1 Å². The molecule has 2 amide bonds. The lowest BCUT2D eigenvalue weighted by Gasteiger charge is -2.32. The number of aliphatic hydroxyl groups excluding tert-OH is 2. The zero-order valence-corrected chi connectivity index (χ0v) is 23.4. The van der Waals surface area contributed by atoms with E-state index in [9.17, 15) is 24.6 Å². The number of rotatable bonds is 7. The van der Waals surface area contributed by atoms with Crippen molar-refractivity contribution < 1.29 is 29.3 Å². The molecule has 0 saturated carbocycles. The third kappa shape index (κ3) is 4.66. The number of nitrogens with zero attached hydrogens (tertiary/aromatic N) is 1. The van der Waals surface area contributed by atoms with Gasteiger partial charge in [0.2, 0.25) is 0 Å². The zero-order chi connectivity index (χ0) is 26.4. The number of nitrogens with one attached hydrogen (secondary N) is 1. The Kier molecular flexibility index (Phi) is 7.49. The summed E-state index contributed by atoms with van der Waals surface area (Å²) in [7, 11) is -2.75. The summed E-state index contributed by atoms with van der Waals surface area (Å²) < 4.78 is 7.40. The molecule has 0 unspecified atom stereocenters. The number of carbonyl (C=O) groups excluding carboxylic acids is 2. The second-order valence-electron chi connectivity index (χ2n) is 10.3. The number of amides is 2. The monoisotopic (exact) mass is 576 g/mol. The molecule has 1 saturated heterocycles. The number of benzene rings is 2. The van der Waals surface area contributed by atoms with Gasteiger partial charge in [-0.05, 0) is 62.3 Å². The fraction of sp³-hybridized carbons (Fsp3) is 0.462. The molecule has 2 aromatic carbocycles. The quantitative estimate of drug-likeness (QED) is 0.374. The van der Waals surface area contributed by atoms with Gasteiger partial charge in [0, 0.05) is 33.8 Å². The lowest BCUT2D eigenvalue weighted by atomic mass is 9.82. The van der Waals surface area contributed by atoms with E-state index in [4.69, 9.17) is 4.74 Å². The summed E-state index contributed by atoms with van der Waals surface area (Å²) in [6, 6.07) is 12.8. The van der Waals surface area contributed by atoms with E-state index in [1.807, 2.05) is 44.3 Å². The van der Waals surface area contributed by atoms with Crippen molar-refractivity contribution in [3.8, 4) is 0 Å². The van der Waals surface area contributed by atoms with Crippen LogP contribution in [0.15, 0.2) is 46.9 Å². The van der Waals surface area contributed by atoms with Crippen LogP contribution in [-0.4, -0.2) is 54.0 Å². The highest BCUT2D eigenvalue weighted by Crippen LogP contribution is 2.60. The van der Waals surface area contributed by atoms with E-state index in [1.54, 1.807) is 23.1 Å². The number of halogens is 1. The molecule has 1 spiro atoms. The summed E-state index contributed by atoms with van der Waals surface area (Å²) in [6.45, 7) is 7.22. The third-order valence-electron chi connectivity index (χ3n) is 7.27. The van der Waals surface area contributed by atoms with Gasteiger partial charge in [0.1, 0.15) is 6.10 Å². The minimum absolute atomic E-state index is 0.0946. The Labute approximate surface area is 220 Å². The van der Waals surface area contributed by atoms with Gasteiger partial charge in [0.25, 0.3) is 11.8 Å². The Morgan fingerprint density at radius 1 is 1.28 bits per heavy atom. The summed E-state index contributed by atoms with van der Waals surface area (Å²) in [6.07, 6.45) is -1.24. The minimum atomic E-state index is -2.75. The molecule has 36 heavy (non-hydrogen) atoms. The summed E-state index contributed by atoms with van der Waals surface area (Å²) in [4.78, 5) is 39.0. The van der Waals surface area contributed by atoms with Crippen molar-refractivity contribution in [2.75, 3.05) is 16.8 Å². The largest absolute Gasteiger partial charge is 0.432 e. The van der Waals surface area contributed by atoms with Crippen LogP contribution in [0.5, 0.6) is 0 Å². The van der Waals surface area contributed by atoms with E-state index in [0.717, 1.165) is 21.3 Å². The molecule has 8 nitrogen and oxygen atoms in total. The number of fused-ring (bicyclic) bond motifs is 2. The second kappa shape index (κ2) is 10.00. The molecule has 2 aliphatic heterocycles. The molecule has 4 N–H and O–H groups in total. The smallest absolute Gasteiger partial charge is 0.264 e. The lowest BCUT2D eigenvalue weighted by Crippen LogP contribution is -2.46. The van der Waals surface area contributed by atoms with E-state index < -0.39 is 32.0 Å². The molecule has 10 heteroatoms. The molecule has 2 aliphatic rings. The van der Waals surface area contributed by atoms with Gasteiger partial charge in [-0.15, -0.1) is 0 Å². The first kappa shape index (κ1) is 27.0. The Morgan fingerprint density at radius 3 is 2.64 bits per heavy atom. The van der Waals surface area contributed by atoms with E-state index in [2.05, 4.69) is 21.2 Å². The molecular formula is C26H33BrN2O6Si. The van der Waals surface area contributed by atoms with Crippen LogP contribution >= 0.6 is 15.9 Å². The number of hydrogen-bond donors (Lipinski definition) is 4. The maximum atomic E-state index is 14.2. The maximum absolute atomic E-state index is 14.2. The van der Waals surface area contributed by atoms with Crippen molar-refractivity contribution in [1.82, 2.24) is 0 Å². The van der Waals surface area contributed by atoms with Crippen LogP contribution in [0.2, 0.25) is 18.6 Å². The SMILES string of the molecule is C[C@H](O)C(=O)Nc1cccc(CN2C(=O)[C@@]3(O[C@@H](CCO)[C@H]([Si](C)(C)O)[C@H]3C)c3cc(Br)ccc32)c1. The highest BCUT2D eigenvalue weighted by Gasteiger charge is 2.66. The van der Waals surface area contributed by atoms with Gasteiger partial charge in [-0.2, -0.15) is 0 Å². The molecule has 4 rings (SSSR count). The van der Waals surface area contributed by atoms with Crippen LogP contribution in [0.4, 0.5) is 11.4 Å². The Bertz CT molecular complexity index is 1170. The van der Waals surface area contributed by atoms with Crippen LogP contribution in [-0.2, 0) is 26.5 Å². The molecule has 0 aromatic heterocycles. The van der Waals surface area contributed by atoms with Crippen LogP contribution in [0, 0.1) is 5.92 Å². The first-order valence-electron chi connectivity index (χ1n) is 12.1. The average molecular weight is 578 g/mol. The summed E-state index contributed by atoms with van der Waals surface area (Å²) in [5, 5.41) is 21.9. The first-order chi connectivity index (χ1) is 16.9. The standard InChI is InChI=1S/C26H33BrN2O6Si/c1-15-23(36(3,4)34)22(10-11-30)35-26(15)20-13-18(27)8-9-21(20)29(25(26)33)14-17-6-5-7-19(12-17)28-24(32)16(2)31/h5-9,12-13,15-16,22-23,30-31,34H,10-11,14H2,1-4H3,(H,28,32)/t15-,16+,22+,23-,26+/m1/s1. The van der Waals surface area contributed by atoms with Crippen LogP contribution in [0.25, 0.3) is 0 Å². The summed E-state index contributed by atoms with van der Waals surface area (Å²) >= 11 is 3.54. The Hall–Kier alpha value is -2.08. The minimum Gasteiger partial charge on any atom is -0.432 e. The number of hydrogen-bond acceptors (Lipinski definition) is 6. The molecule has 0 bridgehead atoms. The topological polar surface area (TPSA) is 119 Å². The summed E-state index contributed by atoms with van der Waals surface area (Å²) in [5.41, 5.74) is 1.29. The Morgan fingerprint density at radius 2 is 2.00 bits per heavy atom. The third-order valence-corrected chi connectivity index (χ3v) is 10.3. The van der Waals surface area contributed by atoms with Crippen LogP contribution in [0.1, 0.15) is 31.4 Å². The first-order valence-corrected chi connectivity index (χ1v) is 15.9. The number of aliphatic hydroxyl groups is 2. The number of ether oxygens (including phenoxy) is 1. The summed E-state index contributed by atoms with van der Waals surface area (Å²) in [5.74, 6) is -1.02. The molecule has 194 valence electrons. The predicted octanol–water partition coefficient (Wildman–Crippen LogP) is 3.50. The van der Waals surface area contributed by atoms with Gasteiger partial charge in [-0.3, -0.25) is 9.59 Å². The predicted molar refractivity (Wildman–Crippen MR) is 143 cm³/mol. The van der Waals surface area contributed by atoms with Gasteiger partial charge < -0.3 is 30.0 Å². The number of anilines is 2. The van der Waals surface area contributed by atoms with E-state index >= 15 is 0 Å². The van der Waals surface area contributed by atoms with E-state index in [-0.39, 0.29) is 30.5 Å². The average Bonchev–Trinajstić information content (AvgIpc) is 3.21. The van der Waals surface area contributed by atoms with Gasteiger partial charge >= 0.3 is 0 Å². The fourth-order valence-electron chi connectivity index (χ4n) is 5.78.